The number of hydrogen-bond acceptors (Lipinski definition) is 2. The van der Waals surface area contributed by atoms with Gasteiger partial charge in [-0.3, -0.25) is 0 Å². The van der Waals surface area contributed by atoms with Gasteiger partial charge in [-0.2, -0.15) is 12.6 Å². The Morgan fingerprint density at radius 1 is 1.29 bits per heavy atom. The maximum absolute atomic E-state index is 12.1. The van der Waals surface area contributed by atoms with Crippen molar-refractivity contribution in [2.45, 2.75) is 33.1 Å². The molecule has 0 atom stereocenters. The summed E-state index contributed by atoms with van der Waals surface area (Å²) in [6.45, 7) is 4.75. The third-order valence-corrected chi connectivity index (χ3v) is 3.56. The van der Waals surface area contributed by atoms with Crippen molar-refractivity contribution in [2.24, 2.45) is 5.41 Å². The van der Waals surface area contributed by atoms with Gasteiger partial charge in [0.15, 0.2) is 0 Å². The van der Waals surface area contributed by atoms with E-state index in [9.17, 15) is 8.78 Å². The summed E-state index contributed by atoms with van der Waals surface area (Å²) in [7, 11) is 1.75. The molecule has 86 valence electrons. The molecule has 0 fully saturated rings. The van der Waals surface area contributed by atoms with E-state index in [1.165, 1.54) is 0 Å². The zero-order chi connectivity index (χ0) is 11.2. The lowest BCUT2D eigenvalue weighted by Crippen LogP contribution is -2.38. The number of hydrogen-bond donors (Lipinski definition) is 1. The highest BCUT2D eigenvalue weighted by Crippen LogP contribution is 2.28. The third-order valence-electron chi connectivity index (χ3n) is 2.89. The molecule has 0 heterocycles. The molecule has 0 aromatic heterocycles. The quantitative estimate of drug-likeness (QED) is 0.652. The molecule has 0 aliphatic rings. The minimum absolute atomic E-state index is 0.0900. The SMILES string of the molecule is CCC(CC)(CS)CN(C)CC(F)F. The summed E-state index contributed by atoms with van der Waals surface area (Å²) < 4.78 is 24.2. The van der Waals surface area contributed by atoms with Gasteiger partial charge in [0.05, 0.1) is 6.54 Å². The van der Waals surface area contributed by atoms with Crippen molar-refractivity contribution < 1.29 is 8.78 Å². The molecule has 0 aliphatic carbocycles. The van der Waals surface area contributed by atoms with E-state index in [4.69, 9.17) is 0 Å². The summed E-state index contributed by atoms with van der Waals surface area (Å²) >= 11 is 4.31. The number of alkyl halides is 2. The van der Waals surface area contributed by atoms with Crippen LogP contribution in [0.2, 0.25) is 0 Å². The lowest BCUT2D eigenvalue weighted by Gasteiger charge is -2.34. The molecule has 0 aliphatic heterocycles. The molecule has 0 N–H and O–H groups in total. The fourth-order valence-corrected chi connectivity index (χ4v) is 2.17. The first kappa shape index (κ1) is 14.2. The highest BCUT2D eigenvalue weighted by Gasteiger charge is 2.26. The van der Waals surface area contributed by atoms with E-state index in [0.29, 0.717) is 6.54 Å². The second-order valence-corrected chi connectivity index (χ2v) is 4.27. The van der Waals surface area contributed by atoms with Crippen molar-refractivity contribution >= 4 is 12.6 Å². The molecular formula is C10H21F2NS. The summed E-state index contributed by atoms with van der Waals surface area (Å²) in [5.74, 6) is 0.758. The highest BCUT2D eigenvalue weighted by atomic mass is 32.1. The molecule has 0 rings (SSSR count). The minimum Gasteiger partial charge on any atom is -0.300 e. The zero-order valence-electron chi connectivity index (χ0n) is 9.26. The first-order chi connectivity index (χ1) is 6.49. The van der Waals surface area contributed by atoms with Gasteiger partial charge in [0, 0.05) is 6.54 Å². The maximum atomic E-state index is 12.1. The van der Waals surface area contributed by atoms with Gasteiger partial charge in [-0.1, -0.05) is 13.8 Å². The Morgan fingerprint density at radius 2 is 1.79 bits per heavy atom. The molecular weight excluding hydrogens is 204 g/mol. The Hall–Kier alpha value is 0.170. The van der Waals surface area contributed by atoms with Crippen LogP contribution in [-0.4, -0.2) is 37.2 Å². The van der Waals surface area contributed by atoms with Crippen molar-refractivity contribution in [1.82, 2.24) is 4.90 Å². The fourth-order valence-electron chi connectivity index (χ4n) is 1.62. The van der Waals surface area contributed by atoms with Crippen LogP contribution in [0.3, 0.4) is 0 Å². The number of thiol groups is 1. The Morgan fingerprint density at radius 3 is 2.07 bits per heavy atom. The van der Waals surface area contributed by atoms with Gasteiger partial charge in [-0.25, -0.2) is 8.78 Å². The molecule has 4 heteroatoms. The van der Waals surface area contributed by atoms with Crippen LogP contribution in [0.5, 0.6) is 0 Å². The Kier molecular flexibility index (Phi) is 6.70. The average Bonchev–Trinajstić information content (AvgIpc) is 2.13. The first-order valence-electron chi connectivity index (χ1n) is 5.07. The van der Waals surface area contributed by atoms with E-state index >= 15 is 0 Å². The second kappa shape index (κ2) is 6.62. The van der Waals surface area contributed by atoms with E-state index in [1.807, 2.05) is 0 Å². The molecule has 0 amide bonds. The van der Waals surface area contributed by atoms with Gasteiger partial charge in [-0.05, 0) is 31.1 Å². The van der Waals surface area contributed by atoms with Gasteiger partial charge in [0.25, 0.3) is 6.43 Å². The van der Waals surface area contributed by atoms with Crippen LogP contribution in [-0.2, 0) is 0 Å². The molecule has 0 saturated carbocycles. The van der Waals surface area contributed by atoms with Crippen LogP contribution in [0.15, 0.2) is 0 Å². The number of halogens is 2. The van der Waals surface area contributed by atoms with Crippen LogP contribution < -0.4 is 0 Å². The molecule has 0 aromatic rings. The predicted octanol–water partition coefficient (Wildman–Crippen LogP) is 2.92. The second-order valence-electron chi connectivity index (χ2n) is 3.95. The van der Waals surface area contributed by atoms with Gasteiger partial charge in [0.1, 0.15) is 0 Å². The van der Waals surface area contributed by atoms with E-state index in [1.54, 1.807) is 11.9 Å². The fraction of sp³-hybridized carbons (Fsp3) is 1.00. The van der Waals surface area contributed by atoms with Crippen LogP contribution in [0.4, 0.5) is 8.78 Å². The maximum Gasteiger partial charge on any atom is 0.251 e. The standard InChI is InChI=1S/C10H21F2NS/c1-4-10(5-2,8-14)7-13(3)6-9(11)12/h9,14H,4-8H2,1-3H3. The summed E-state index contributed by atoms with van der Waals surface area (Å²) in [5.41, 5.74) is 0.0900. The van der Waals surface area contributed by atoms with Crippen LogP contribution >= 0.6 is 12.6 Å². The van der Waals surface area contributed by atoms with E-state index < -0.39 is 6.43 Å². The minimum atomic E-state index is -2.24. The molecule has 0 bridgehead atoms. The molecule has 14 heavy (non-hydrogen) atoms. The predicted molar refractivity (Wildman–Crippen MR) is 60.4 cm³/mol. The van der Waals surface area contributed by atoms with Crippen molar-refractivity contribution in [3.05, 3.63) is 0 Å². The molecule has 0 spiro atoms. The zero-order valence-corrected chi connectivity index (χ0v) is 10.2. The summed E-state index contributed by atoms with van der Waals surface area (Å²) in [6, 6.07) is 0. The van der Waals surface area contributed by atoms with Crippen LogP contribution in [0, 0.1) is 5.41 Å². The molecule has 1 nitrogen and oxygen atoms in total. The normalized spacial score (nSPS) is 12.9. The Labute approximate surface area is 91.3 Å². The molecule has 0 aromatic carbocycles. The highest BCUT2D eigenvalue weighted by molar-refractivity contribution is 7.80. The van der Waals surface area contributed by atoms with Crippen molar-refractivity contribution in [1.29, 1.82) is 0 Å². The largest absolute Gasteiger partial charge is 0.300 e. The summed E-state index contributed by atoms with van der Waals surface area (Å²) in [4.78, 5) is 1.70. The number of nitrogens with zero attached hydrogens (tertiary/aromatic N) is 1. The Balaban J connectivity index is 4.15. The lowest BCUT2D eigenvalue weighted by molar-refractivity contribution is 0.0778. The van der Waals surface area contributed by atoms with E-state index in [2.05, 4.69) is 26.5 Å². The monoisotopic (exact) mass is 225 g/mol. The summed E-state index contributed by atoms with van der Waals surface area (Å²) in [6.07, 6.45) is -0.271. The van der Waals surface area contributed by atoms with Gasteiger partial charge in [-0.15, -0.1) is 0 Å². The number of rotatable bonds is 7. The lowest BCUT2D eigenvalue weighted by atomic mass is 9.84. The van der Waals surface area contributed by atoms with Crippen LogP contribution in [0.1, 0.15) is 26.7 Å². The van der Waals surface area contributed by atoms with E-state index in [-0.39, 0.29) is 12.0 Å². The topological polar surface area (TPSA) is 3.24 Å². The molecule has 0 unspecified atom stereocenters. The van der Waals surface area contributed by atoms with Crippen molar-refractivity contribution in [2.75, 3.05) is 25.9 Å². The van der Waals surface area contributed by atoms with Crippen molar-refractivity contribution in [3.63, 3.8) is 0 Å². The smallest absolute Gasteiger partial charge is 0.251 e. The van der Waals surface area contributed by atoms with E-state index in [0.717, 1.165) is 18.6 Å². The summed E-state index contributed by atoms with van der Waals surface area (Å²) in [5, 5.41) is 0. The molecule has 0 saturated heterocycles. The third kappa shape index (κ3) is 4.60. The van der Waals surface area contributed by atoms with Gasteiger partial charge in [0.2, 0.25) is 0 Å². The first-order valence-corrected chi connectivity index (χ1v) is 5.70. The van der Waals surface area contributed by atoms with Crippen molar-refractivity contribution in [3.8, 4) is 0 Å². The van der Waals surface area contributed by atoms with Gasteiger partial charge >= 0.3 is 0 Å². The van der Waals surface area contributed by atoms with Gasteiger partial charge < -0.3 is 4.90 Å². The Bertz CT molecular complexity index is 141. The molecule has 0 radical (unpaired) electrons. The van der Waals surface area contributed by atoms with Crippen LogP contribution in [0.25, 0.3) is 0 Å². The average molecular weight is 225 g/mol.